The van der Waals surface area contributed by atoms with Crippen LogP contribution in [0, 0.1) is 0 Å². The van der Waals surface area contributed by atoms with Crippen molar-refractivity contribution < 1.29 is 0 Å². The number of benzene rings is 1. The summed E-state index contributed by atoms with van der Waals surface area (Å²) >= 11 is 0. The van der Waals surface area contributed by atoms with E-state index in [0.29, 0.717) is 0 Å². The highest BCUT2D eigenvalue weighted by Gasteiger charge is 1.96. The number of anilines is 1. The molecule has 0 amide bonds. The van der Waals surface area contributed by atoms with E-state index < -0.39 is 0 Å². The van der Waals surface area contributed by atoms with Gasteiger partial charge in [-0.25, -0.2) is 0 Å². The zero-order valence-corrected chi connectivity index (χ0v) is 8.14. The number of hydrogen-bond acceptors (Lipinski definition) is 2. The second-order valence-corrected chi connectivity index (χ2v) is 2.63. The number of halogens is 1. The van der Waals surface area contributed by atoms with Crippen LogP contribution in [0.1, 0.15) is 0 Å². The van der Waals surface area contributed by atoms with Crippen LogP contribution in [0.5, 0.6) is 0 Å². The highest BCUT2D eigenvalue weighted by molar-refractivity contribution is 5.90. The fourth-order valence-corrected chi connectivity index (χ4v) is 1.32. The second-order valence-electron chi connectivity index (χ2n) is 2.63. The van der Waals surface area contributed by atoms with E-state index >= 15 is 0 Å². The molecular formula is C10H11ClN2. The number of rotatable bonds is 1. The van der Waals surface area contributed by atoms with Gasteiger partial charge in [0.1, 0.15) is 0 Å². The van der Waals surface area contributed by atoms with Crippen molar-refractivity contribution in [1.82, 2.24) is 4.98 Å². The van der Waals surface area contributed by atoms with Crippen LogP contribution in [-0.4, -0.2) is 12.0 Å². The minimum Gasteiger partial charge on any atom is -0.388 e. The Morgan fingerprint density at radius 2 is 2.00 bits per heavy atom. The SMILES string of the molecule is CNc1cccc2ncccc12.Cl. The van der Waals surface area contributed by atoms with Crippen LogP contribution < -0.4 is 5.32 Å². The molecule has 2 aromatic rings. The molecule has 0 aliphatic carbocycles. The van der Waals surface area contributed by atoms with Crippen molar-refractivity contribution >= 4 is 29.0 Å². The van der Waals surface area contributed by atoms with Gasteiger partial charge in [0.2, 0.25) is 0 Å². The molecule has 0 aliphatic heterocycles. The van der Waals surface area contributed by atoms with E-state index in [1.807, 2.05) is 37.5 Å². The van der Waals surface area contributed by atoms with Gasteiger partial charge in [-0.15, -0.1) is 12.4 Å². The molecule has 0 radical (unpaired) electrons. The van der Waals surface area contributed by atoms with Crippen molar-refractivity contribution in [3.63, 3.8) is 0 Å². The molecule has 1 heterocycles. The molecule has 2 nitrogen and oxygen atoms in total. The molecule has 0 spiro atoms. The van der Waals surface area contributed by atoms with Gasteiger partial charge in [-0.1, -0.05) is 6.07 Å². The van der Waals surface area contributed by atoms with Gasteiger partial charge in [0, 0.05) is 24.3 Å². The van der Waals surface area contributed by atoms with Crippen molar-refractivity contribution in [2.24, 2.45) is 0 Å². The van der Waals surface area contributed by atoms with Crippen LogP contribution in [0.15, 0.2) is 36.5 Å². The van der Waals surface area contributed by atoms with Crippen LogP contribution in [0.2, 0.25) is 0 Å². The molecule has 2 rings (SSSR count). The molecule has 1 aromatic carbocycles. The first-order chi connectivity index (χ1) is 5.92. The molecule has 0 saturated heterocycles. The van der Waals surface area contributed by atoms with Gasteiger partial charge >= 0.3 is 0 Å². The van der Waals surface area contributed by atoms with Gasteiger partial charge in [0.05, 0.1) is 5.52 Å². The molecule has 1 aromatic heterocycles. The summed E-state index contributed by atoms with van der Waals surface area (Å²) in [6.07, 6.45) is 1.81. The van der Waals surface area contributed by atoms with Crippen LogP contribution >= 0.6 is 12.4 Å². The Kier molecular flexibility index (Phi) is 3.09. The Morgan fingerprint density at radius 3 is 2.77 bits per heavy atom. The average molecular weight is 195 g/mol. The van der Waals surface area contributed by atoms with Crippen LogP contribution in [0.4, 0.5) is 5.69 Å². The predicted octanol–water partition coefficient (Wildman–Crippen LogP) is 2.70. The number of nitrogens with zero attached hydrogens (tertiary/aromatic N) is 1. The molecule has 3 heteroatoms. The highest BCUT2D eigenvalue weighted by Crippen LogP contribution is 2.19. The maximum absolute atomic E-state index is 4.25. The van der Waals surface area contributed by atoms with E-state index in [1.54, 1.807) is 0 Å². The van der Waals surface area contributed by atoms with E-state index in [2.05, 4.69) is 16.4 Å². The maximum atomic E-state index is 4.25. The lowest BCUT2D eigenvalue weighted by molar-refractivity contribution is 1.41. The van der Waals surface area contributed by atoms with Crippen molar-refractivity contribution in [2.75, 3.05) is 12.4 Å². The van der Waals surface area contributed by atoms with Gasteiger partial charge in [-0.05, 0) is 24.3 Å². The minimum absolute atomic E-state index is 0. The van der Waals surface area contributed by atoms with E-state index in [4.69, 9.17) is 0 Å². The Balaban J connectivity index is 0.000000845. The third kappa shape index (κ3) is 1.73. The number of aromatic nitrogens is 1. The molecule has 0 saturated carbocycles. The average Bonchev–Trinajstić information content (AvgIpc) is 2.17. The van der Waals surface area contributed by atoms with E-state index in [1.165, 1.54) is 5.39 Å². The largest absolute Gasteiger partial charge is 0.388 e. The molecule has 0 unspecified atom stereocenters. The fraction of sp³-hybridized carbons (Fsp3) is 0.100. The van der Waals surface area contributed by atoms with E-state index in [0.717, 1.165) is 11.2 Å². The number of hydrogen-bond donors (Lipinski definition) is 1. The number of fused-ring (bicyclic) bond motifs is 1. The summed E-state index contributed by atoms with van der Waals surface area (Å²) in [5.41, 5.74) is 2.16. The molecule has 1 N–H and O–H groups in total. The molecular weight excluding hydrogens is 184 g/mol. The van der Waals surface area contributed by atoms with Crippen molar-refractivity contribution in [1.29, 1.82) is 0 Å². The summed E-state index contributed by atoms with van der Waals surface area (Å²) < 4.78 is 0. The van der Waals surface area contributed by atoms with Gasteiger partial charge in [-0.3, -0.25) is 4.98 Å². The minimum atomic E-state index is 0. The molecule has 0 atom stereocenters. The lowest BCUT2D eigenvalue weighted by atomic mass is 10.2. The Morgan fingerprint density at radius 1 is 1.15 bits per heavy atom. The zero-order chi connectivity index (χ0) is 8.39. The number of pyridine rings is 1. The summed E-state index contributed by atoms with van der Waals surface area (Å²) in [6.45, 7) is 0. The Labute approximate surface area is 83.4 Å². The summed E-state index contributed by atoms with van der Waals surface area (Å²) in [6, 6.07) is 10.1. The summed E-state index contributed by atoms with van der Waals surface area (Å²) in [7, 11) is 1.92. The van der Waals surface area contributed by atoms with Crippen LogP contribution in [0.25, 0.3) is 10.9 Å². The second kappa shape index (κ2) is 4.10. The summed E-state index contributed by atoms with van der Waals surface area (Å²) in [4.78, 5) is 4.25. The third-order valence-electron chi connectivity index (χ3n) is 1.92. The molecule has 0 aliphatic rings. The van der Waals surface area contributed by atoms with Crippen LogP contribution in [0.3, 0.4) is 0 Å². The van der Waals surface area contributed by atoms with E-state index in [9.17, 15) is 0 Å². The van der Waals surface area contributed by atoms with Crippen molar-refractivity contribution in [2.45, 2.75) is 0 Å². The highest BCUT2D eigenvalue weighted by atomic mass is 35.5. The normalized spacial score (nSPS) is 9.31. The van der Waals surface area contributed by atoms with Gasteiger partial charge < -0.3 is 5.32 Å². The molecule has 68 valence electrons. The maximum Gasteiger partial charge on any atom is 0.0722 e. The summed E-state index contributed by atoms with van der Waals surface area (Å²) in [5.74, 6) is 0. The topological polar surface area (TPSA) is 24.9 Å². The Bertz CT molecular complexity index is 396. The lowest BCUT2D eigenvalue weighted by Gasteiger charge is -2.03. The molecule has 0 fully saturated rings. The van der Waals surface area contributed by atoms with E-state index in [-0.39, 0.29) is 12.4 Å². The van der Waals surface area contributed by atoms with Gasteiger partial charge in [0.15, 0.2) is 0 Å². The van der Waals surface area contributed by atoms with Gasteiger partial charge in [0.25, 0.3) is 0 Å². The first kappa shape index (κ1) is 9.81. The summed E-state index contributed by atoms with van der Waals surface area (Å²) in [5, 5.41) is 4.30. The monoisotopic (exact) mass is 194 g/mol. The standard InChI is InChI=1S/C10H10N2.ClH/c1-11-9-5-2-6-10-8(9)4-3-7-12-10;/h2-7,11H,1H3;1H. The first-order valence-corrected chi connectivity index (χ1v) is 3.93. The van der Waals surface area contributed by atoms with Crippen molar-refractivity contribution in [3.05, 3.63) is 36.5 Å². The van der Waals surface area contributed by atoms with Crippen LogP contribution in [-0.2, 0) is 0 Å². The molecule has 0 bridgehead atoms. The van der Waals surface area contributed by atoms with Gasteiger partial charge in [-0.2, -0.15) is 0 Å². The zero-order valence-electron chi connectivity index (χ0n) is 7.32. The number of nitrogens with one attached hydrogen (secondary N) is 1. The third-order valence-corrected chi connectivity index (χ3v) is 1.92. The quantitative estimate of drug-likeness (QED) is 0.755. The smallest absolute Gasteiger partial charge is 0.0722 e. The lowest BCUT2D eigenvalue weighted by Crippen LogP contribution is -1.89. The Hall–Kier alpha value is -1.28. The first-order valence-electron chi connectivity index (χ1n) is 3.93. The fourth-order valence-electron chi connectivity index (χ4n) is 1.32. The molecule has 13 heavy (non-hydrogen) atoms. The predicted molar refractivity (Wildman–Crippen MR) is 58.5 cm³/mol. The van der Waals surface area contributed by atoms with Crippen molar-refractivity contribution in [3.8, 4) is 0 Å².